The highest BCUT2D eigenvalue weighted by atomic mass is 16.6. The largest absolute Gasteiger partial charge is 0.462 e. The van der Waals surface area contributed by atoms with Gasteiger partial charge in [0.25, 0.3) is 0 Å². The summed E-state index contributed by atoms with van der Waals surface area (Å²) >= 11 is 0. The van der Waals surface area contributed by atoms with Crippen molar-refractivity contribution in [3.63, 3.8) is 0 Å². The van der Waals surface area contributed by atoms with Crippen molar-refractivity contribution in [1.29, 1.82) is 0 Å². The van der Waals surface area contributed by atoms with Gasteiger partial charge in [0.15, 0.2) is 12.2 Å². The molecule has 0 amide bonds. The maximum Gasteiger partial charge on any atom is 0.306 e. The molecule has 10 heteroatoms. The molecular formula is C96H180O10. The van der Waals surface area contributed by atoms with Gasteiger partial charge in [-0.1, -0.05) is 398 Å². The lowest BCUT2D eigenvalue weighted by atomic mass is 10.0. The van der Waals surface area contributed by atoms with Gasteiger partial charge in [-0.25, -0.2) is 0 Å². The zero-order valence-electron chi connectivity index (χ0n) is 71.3. The van der Waals surface area contributed by atoms with Crippen LogP contribution in [0.1, 0.15) is 503 Å². The number of hydrogen-bond acceptors (Lipinski definition) is 10. The molecule has 0 bridgehead atoms. The van der Waals surface area contributed by atoms with Crippen molar-refractivity contribution in [3.8, 4) is 0 Å². The molecule has 106 heavy (non-hydrogen) atoms. The molecule has 0 heterocycles. The Morgan fingerprint density at radius 1 is 0.198 bits per heavy atom. The second-order valence-corrected chi connectivity index (χ2v) is 32.1. The first-order valence-electron chi connectivity index (χ1n) is 47.2. The van der Waals surface area contributed by atoms with E-state index in [0.29, 0.717) is 38.9 Å². The van der Waals surface area contributed by atoms with Crippen molar-refractivity contribution in [2.24, 2.45) is 0 Å². The number of unbranched alkanes of at least 4 members (excludes halogenated alkanes) is 62. The van der Waals surface area contributed by atoms with Gasteiger partial charge in [-0.05, 0) is 116 Å². The summed E-state index contributed by atoms with van der Waals surface area (Å²) in [7, 11) is 0. The van der Waals surface area contributed by atoms with Gasteiger partial charge < -0.3 is 28.4 Å². The van der Waals surface area contributed by atoms with E-state index in [1.165, 1.54) is 308 Å². The fraction of sp³-hybridized carbons (Fsp3) is 0.896. The normalized spacial score (nSPS) is 12.4. The number of carbonyl (C=O) groups excluding carboxylic acids is 4. The highest BCUT2D eigenvalue weighted by Crippen LogP contribution is 2.20. The Bertz CT molecular complexity index is 1830. The van der Waals surface area contributed by atoms with Crippen LogP contribution in [-0.2, 0) is 47.6 Å². The Morgan fingerprint density at radius 2 is 0.368 bits per heavy atom. The smallest absolute Gasteiger partial charge is 0.306 e. The van der Waals surface area contributed by atoms with Gasteiger partial charge in [-0.3, -0.25) is 19.2 Å². The van der Waals surface area contributed by atoms with E-state index < -0.39 is 12.2 Å². The summed E-state index contributed by atoms with van der Waals surface area (Å²) in [5.41, 5.74) is 0. The lowest BCUT2D eigenvalue weighted by molar-refractivity contribution is -0.163. The third-order valence-corrected chi connectivity index (χ3v) is 21.3. The fourth-order valence-electron chi connectivity index (χ4n) is 14.2. The fourth-order valence-corrected chi connectivity index (χ4v) is 14.2. The van der Waals surface area contributed by atoms with E-state index in [-0.39, 0.29) is 50.3 Å². The highest BCUT2D eigenvalue weighted by molar-refractivity contribution is 5.71. The summed E-state index contributed by atoms with van der Waals surface area (Å²) in [5, 5.41) is 0. The molecule has 0 aliphatic carbocycles. The molecule has 2 atom stereocenters. The van der Waals surface area contributed by atoms with Crippen LogP contribution in [0, 0.1) is 0 Å². The molecule has 0 saturated carbocycles. The third-order valence-electron chi connectivity index (χ3n) is 21.3. The van der Waals surface area contributed by atoms with E-state index in [2.05, 4.69) is 64.2 Å². The van der Waals surface area contributed by atoms with Crippen LogP contribution < -0.4 is 0 Å². The first-order chi connectivity index (χ1) is 52.4. The first-order valence-corrected chi connectivity index (χ1v) is 47.2. The molecule has 0 aromatic heterocycles. The molecule has 624 valence electrons. The van der Waals surface area contributed by atoms with E-state index >= 15 is 0 Å². The molecule has 0 fully saturated rings. The standard InChI is InChI=1S/C96H180O10/c1-5-9-13-17-21-25-29-33-37-43-49-55-61-67-73-79-85-101-87-91(89-103-93(97)81-75-69-63-57-51-45-39-35-31-27-23-19-15-11-7-3)105-95(99)83-77-71-65-59-53-47-41-42-48-54-60-66-72-78-84-96(100)106-92(88-102-86-80-74-68-62-56-50-44-38-34-30-26-22-18-14-10-6-2)90-104-94(98)82-76-70-64-58-52-46-40-36-32-28-24-20-16-12-8-4/h33,36-37,40-42,91-92H,5-32,34-35,38-39,43-90H2,1-4H3/b37-33-,40-36+,42-41?. The van der Waals surface area contributed by atoms with Crippen LogP contribution in [0.5, 0.6) is 0 Å². The minimum Gasteiger partial charge on any atom is -0.462 e. The molecule has 0 spiro atoms. The van der Waals surface area contributed by atoms with Gasteiger partial charge >= 0.3 is 23.9 Å². The summed E-state index contributed by atoms with van der Waals surface area (Å²) in [6, 6.07) is 0. The molecule has 0 N–H and O–H groups in total. The average Bonchev–Trinajstić information content (AvgIpc) is 0.989. The van der Waals surface area contributed by atoms with Crippen LogP contribution in [0.25, 0.3) is 0 Å². The summed E-state index contributed by atoms with van der Waals surface area (Å²) in [6.45, 7) is 11.0. The van der Waals surface area contributed by atoms with Crippen LogP contribution in [-0.4, -0.2) is 75.7 Å². The molecule has 0 aliphatic heterocycles. The summed E-state index contributed by atoms with van der Waals surface area (Å²) in [6.07, 6.45) is 101. The van der Waals surface area contributed by atoms with E-state index in [1.807, 2.05) is 0 Å². The molecular weight excluding hydrogens is 1310 g/mol. The Labute approximate surface area is 659 Å². The summed E-state index contributed by atoms with van der Waals surface area (Å²) in [5.74, 6) is -0.885. The van der Waals surface area contributed by atoms with Crippen molar-refractivity contribution in [3.05, 3.63) is 36.5 Å². The number of esters is 4. The van der Waals surface area contributed by atoms with Crippen molar-refractivity contribution in [2.45, 2.75) is 515 Å². The van der Waals surface area contributed by atoms with Crippen molar-refractivity contribution in [2.75, 3.05) is 39.6 Å². The molecule has 0 aromatic rings. The number of allylic oxidation sites excluding steroid dienone is 6. The van der Waals surface area contributed by atoms with Crippen LogP contribution in [0.4, 0.5) is 0 Å². The number of hydrogen-bond donors (Lipinski definition) is 0. The van der Waals surface area contributed by atoms with Gasteiger partial charge in [-0.15, -0.1) is 0 Å². The maximum atomic E-state index is 13.1. The predicted molar refractivity (Wildman–Crippen MR) is 455 cm³/mol. The molecule has 0 radical (unpaired) electrons. The quantitative estimate of drug-likeness (QED) is 0.0252. The van der Waals surface area contributed by atoms with Gasteiger partial charge in [0, 0.05) is 38.9 Å². The lowest BCUT2D eigenvalue weighted by Crippen LogP contribution is -2.30. The maximum absolute atomic E-state index is 13.1. The van der Waals surface area contributed by atoms with Gasteiger partial charge in [0.05, 0.1) is 13.2 Å². The first kappa shape index (κ1) is 103. The van der Waals surface area contributed by atoms with Gasteiger partial charge in [-0.2, -0.15) is 0 Å². The zero-order valence-corrected chi connectivity index (χ0v) is 71.3. The molecule has 2 unspecified atom stereocenters. The second kappa shape index (κ2) is 90.9. The highest BCUT2D eigenvalue weighted by Gasteiger charge is 2.20. The zero-order chi connectivity index (χ0) is 76.5. The monoisotopic (exact) mass is 1490 g/mol. The summed E-state index contributed by atoms with van der Waals surface area (Å²) in [4.78, 5) is 51.8. The molecule has 0 aromatic carbocycles. The average molecular weight is 1490 g/mol. The number of ether oxygens (including phenoxy) is 6. The Morgan fingerprint density at radius 3 is 0.575 bits per heavy atom. The van der Waals surface area contributed by atoms with E-state index in [4.69, 9.17) is 28.4 Å². The van der Waals surface area contributed by atoms with Crippen LogP contribution in [0.15, 0.2) is 36.5 Å². The Balaban J connectivity index is 4.62. The minimum absolute atomic E-state index is 0.0543. The SMILES string of the molecule is CCCCCCCC/C=C\CCCCCCCCOCC(COC(=O)CCCCCCCCCCCCCCCCC)OC(=O)CCCCCCCC=CCCCCCCCC(=O)OC(COCCCCCCCCCCCCCCCCCC)COC(=O)CCCCCCC/C=C/CCCCCCCC. The number of rotatable bonds is 90. The molecule has 0 rings (SSSR count). The van der Waals surface area contributed by atoms with E-state index in [0.717, 1.165) is 141 Å². The van der Waals surface area contributed by atoms with Crippen molar-refractivity contribution >= 4 is 23.9 Å². The third kappa shape index (κ3) is 86.6. The Hall–Kier alpha value is -2.98. The van der Waals surface area contributed by atoms with Gasteiger partial charge in [0.1, 0.15) is 13.2 Å². The van der Waals surface area contributed by atoms with Crippen LogP contribution >= 0.6 is 0 Å². The van der Waals surface area contributed by atoms with E-state index in [1.54, 1.807) is 0 Å². The predicted octanol–water partition coefficient (Wildman–Crippen LogP) is 30.5. The summed E-state index contributed by atoms with van der Waals surface area (Å²) < 4.78 is 35.3. The van der Waals surface area contributed by atoms with Crippen molar-refractivity contribution in [1.82, 2.24) is 0 Å². The van der Waals surface area contributed by atoms with E-state index in [9.17, 15) is 19.2 Å². The lowest BCUT2D eigenvalue weighted by Gasteiger charge is -2.18. The number of carbonyl (C=O) groups is 4. The Kier molecular flexibility index (Phi) is 88.3. The topological polar surface area (TPSA) is 124 Å². The second-order valence-electron chi connectivity index (χ2n) is 32.1. The van der Waals surface area contributed by atoms with Crippen LogP contribution in [0.3, 0.4) is 0 Å². The molecule has 0 aliphatic rings. The van der Waals surface area contributed by atoms with Crippen LogP contribution in [0.2, 0.25) is 0 Å². The molecule has 10 nitrogen and oxygen atoms in total. The molecule has 0 saturated heterocycles. The van der Waals surface area contributed by atoms with Crippen molar-refractivity contribution < 1.29 is 47.6 Å². The minimum atomic E-state index is -0.578. The van der Waals surface area contributed by atoms with Gasteiger partial charge in [0.2, 0.25) is 0 Å².